The highest BCUT2D eigenvalue weighted by Crippen LogP contribution is 2.46. The molecule has 3 saturated carbocycles. The molecule has 32 heavy (non-hydrogen) atoms. The van der Waals surface area contributed by atoms with E-state index in [2.05, 4.69) is 30.6 Å². The van der Waals surface area contributed by atoms with Crippen LogP contribution in [0.5, 0.6) is 0 Å². The molecule has 2 unspecified atom stereocenters. The smallest absolute Gasteiger partial charge is 0.308 e. The van der Waals surface area contributed by atoms with Crippen molar-refractivity contribution in [2.45, 2.75) is 31.7 Å². The molecule has 0 spiro atoms. The van der Waals surface area contributed by atoms with Gasteiger partial charge in [-0.2, -0.15) is 5.10 Å². The third-order valence-electron chi connectivity index (χ3n) is 6.86. The lowest BCUT2D eigenvalue weighted by molar-refractivity contribution is -0.148. The van der Waals surface area contributed by atoms with Gasteiger partial charge in [-0.25, -0.2) is 23.3 Å². The van der Waals surface area contributed by atoms with Gasteiger partial charge in [0.15, 0.2) is 17.3 Å². The molecule has 2 bridgehead atoms. The van der Waals surface area contributed by atoms with Crippen LogP contribution in [0.4, 0.5) is 14.6 Å². The van der Waals surface area contributed by atoms with Gasteiger partial charge in [-0.3, -0.25) is 9.89 Å². The lowest BCUT2D eigenvalue weighted by Crippen LogP contribution is -2.51. The molecule has 3 aliphatic rings. The largest absolute Gasteiger partial charge is 0.481 e. The first-order valence-electron chi connectivity index (χ1n) is 10.5. The van der Waals surface area contributed by atoms with Crippen molar-refractivity contribution in [3.8, 4) is 11.5 Å². The number of fused-ring (bicyclic) bond motifs is 5. The SMILES string of the molecule is O=C(O)C1C2CCC(CC2)C1Nc1nc(-c2n[nH]c3ncc(F)cc23)nn2ccc(F)c12. The zero-order valence-corrected chi connectivity index (χ0v) is 16.8. The standard InChI is InChI=1S/C21H19F2N7O2/c22-11-7-12-16(27-28-18(12)24-8-11)19-26-20(17-13(23)5-6-30(17)29-19)25-15-10-3-1-9(2-4-10)14(15)21(31)32/h5-10,14-15H,1-4H2,(H,31,32)(H,24,27,28)(H,25,26,29). The molecule has 2 atom stereocenters. The number of anilines is 1. The average molecular weight is 439 g/mol. The highest BCUT2D eigenvalue weighted by Gasteiger charge is 2.47. The van der Waals surface area contributed by atoms with E-state index in [0.29, 0.717) is 11.0 Å². The van der Waals surface area contributed by atoms with Crippen molar-refractivity contribution >= 4 is 28.3 Å². The number of carboxylic acids is 1. The van der Waals surface area contributed by atoms with Crippen molar-refractivity contribution < 1.29 is 18.7 Å². The number of rotatable bonds is 4. The van der Waals surface area contributed by atoms with Crippen LogP contribution in [0, 0.1) is 29.4 Å². The molecule has 4 aromatic rings. The van der Waals surface area contributed by atoms with Crippen LogP contribution in [-0.4, -0.2) is 46.9 Å². The van der Waals surface area contributed by atoms with Crippen molar-refractivity contribution in [1.29, 1.82) is 0 Å². The summed E-state index contributed by atoms with van der Waals surface area (Å²) in [5.41, 5.74) is 0.767. The molecular weight excluding hydrogens is 420 g/mol. The maximum absolute atomic E-state index is 14.6. The molecule has 11 heteroatoms. The summed E-state index contributed by atoms with van der Waals surface area (Å²) < 4.78 is 29.8. The number of hydrogen-bond acceptors (Lipinski definition) is 6. The van der Waals surface area contributed by atoms with Gasteiger partial charge in [-0.1, -0.05) is 0 Å². The summed E-state index contributed by atoms with van der Waals surface area (Å²) >= 11 is 0. The Kier molecular flexibility index (Phi) is 4.14. The van der Waals surface area contributed by atoms with Gasteiger partial charge in [0.2, 0.25) is 5.82 Å². The minimum Gasteiger partial charge on any atom is -0.481 e. The van der Waals surface area contributed by atoms with E-state index in [-0.39, 0.29) is 40.7 Å². The molecule has 3 fully saturated rings. The summed E-state index contributed by atoms with van der Waals surface area (Å²) in [5.74, 6) is -1.87. The van der Waals surface area contributed by atoms with Crippen LogP contribution in [0.15, 0.2) is 24.5 Å². The zero-order valence-electron chi connectivity index (χ0n) is 16.8. The Labute approximate surface area is 179 Å². The number of aromatic amines is 1. The topological polar surface area (TPSA) is 121 Å². The molecule has 0 aliphatic heterocycles. The molecule has 7 rings (SSSR count). The third kappa shape index (κ3) is 2.84. The first kappa shape index (κ1) is 19.1. The maximum atomic E-state index is 14.6. The fourth-order valence-corrected chi connectivity index (χ4v) is 5.41. The predicted octanol–water partition coefficient (Wildman–Crippen LogP) is 3.25. The molecule has 4 aromatic heterocycles. The highest BCUT2D eigenvalue weighted by atomic mass is 19.1. The normalized spacial score (nSPS) is 24.9. The Morgan fingerprint density at radius 2 is 2.00 bits per heavy atom. The van der Waals surface area contributed by atoms with Gasteiger partial charge in [0, 0.05) is 12.2 Å². The number of H-pyrrole nitrogens is 1. The van der Waals surface area contributed by atoms with Crippen LogP contribution >= 0.6 is 0 Å². The third-order valence-corrected chi connectivity index (χ3v) is 6.86. The summed E-state index contributed by atoms with van der Waals surface area (Å²) in [5, 5.41) is 24.8. The Morgan fingerprint density at radius 3 is 2.78 bits per heavy atom. The summed E-state index contributed by atoms with van der Waals surface area (Å²) in [7, 11) is 0. The van der Waals surface area contributed by atoms with E-state index in [0.717, 1.165) is 31.9 Å². The van der Waals surface area contributed by atoms with Gasteiger partial charge < -0.3 is 10.4 Å². The van der Waals surface area contributed by atoms with E-state index in [4.69, 9.17) is 0 Å². The van der Waals surface area contributed by atoms with Crippen LogP contribution in [0.25, 0.3) is 28.1 Å². The summed E-state index contributed by atoms with van der Waals surface area (Å²) in [6.45, 7) is 0. The van der Waals surface area contributed by atoms with Crippen molar-refractivity contribution in [3.63, 3.8) is 0 Å². The van der Waals surface area contributed by atoms with Gasteiger partial charge in [-0.05, 0) is 49.7 Å². The molecule has 0 radical (unpaired) electrons. The van der Waals surface area contributed by atoms with Crippen molar-refractivity contribution in [2.75, 3.05) is 5.32 Å². The fraction of sp³-hybridized carbons (Fsp3) is 0.381. The number of nitrogens with one attached hydrogen (secondary N) is 2. The summed E-state index contributed by atoms with van der Waals surface area (Å²) in [6, 6.07) is 2.18. The van der Waals surface area contributed by atoms with Crippen LogP contribution in [-0.2, 0) is 4.79 Å². The molecular formula is C21H19F2N7O2. The molecule has 3 N–H and O–H groups in total. The molecule has 0 amide bonds. The van der Waals surface area contributed by atoms with Gasteiger partial charge in [0.05, 0.1) is 17.5 Å². The van der Waals surface area contributed by atoms with E-state index in [1.807, 2.05) is 0 Å². The van der Waals surface area contributed by atoms with Crippen LogP contribution < -0.4 is 5.32 Å². The average Bonchev–Trinajstić information content (AvgIpc) is 3.37. The maximum Gasteiger partial charge on any atom is 0.308 e. The Morgan fingerprint density at radius 1 is 1.22 bits per heavy atom. The van der Waals surface area contributed by atoms with Gasteiger partial charge in [-0.15, -0.1) is 5.10 Å². The summed E-state index contributed by atoms with van der Waals surface area (Å²) in [6.07, 6.45) is 6.17. The first-order valence-corrected chi connectivity index (χ1v) is 10.5. The second-order valence-corrected chi connectivity index (χ2v) is 8.57. The minimum absolute atomic E-state index is 0.0910. The number of halogens is 2. The number of pyridine rings is 1. The van der Waals surface area contributed by atoms with Crippen molar-refractivity contribution in [1.82, 2.24) is 29.8 Å². The molecule has 0 aromatic carbocycles. The fourth-order valence-electron chi connectivity index (χ4n) is 5.41. The Bertz CT molecular complexity index is 1360. The molecule has 3 aliphatic carbocycles. The lowest BCUT2D eigenvalue weighted by atomic mass is 9.61. The minimum atomic E-state index is -0.849. The number of aliphatic carboxylic acids is 1. The second-order valence-electron chi connectivity index (χ2n) is 8.57. The van der Waals surface area contributed by atoms with E-state index < -0.39 is 23.5 Å². The predicted molar refractivity (Wildman–Crippen MR) is 110 cm³/mol. The number of carboxylic acid groups (broad SMARTS) is 1. The van der Waals surface area contributed by atoms with Crippen LogP contribution in [0.3, 0.4) is 0 Å². The Hall–Kier alpha value is -3.63. The van der Waals surface area contributed by atoms with Gasteiger partial charge >= 0.3 is 5.97 Å². The molecule has 164 valence electrons. The van der Waals surface area contributed by atoms with Gasteiger partial charge in [0.25, 0.3) is 0 Å². The lowest BCUT2D eigenvalue weighted by Gasteiger charge is -2.47. The van der Waals surface area contributed by atoms with Crippen LogP contribution in [0.2, 0.25) is 0 Å². The van der Waals surface area contributed by atoms with E-state index >= 15 is 0 Å². The molecule has 4 heterocycles. The second kappa shape index (κ2) is 6.94. The van der Waals surface area contributed by atoms with Crippen LogP contribution in [0.1, 0.15) is 25.7 Å². The van der Waals surface area contributed by atoms with Crippen molar-refractivity contribution in [3.05, 3.63) is 36.2 Å². The highest BCUT2D eigenvalue weighted by molar-refractivity contribution is 5.89. The zero-order chi connectivity index (χ0) is 22.0. The number of nitrogens with zero attached hydrogens (tertiary/aromatic N) is 5. The molecule has 9 nitrogen and oxygen atoms in total. The number of carbonyl (C=O) groups is 1. The Balaban J connectivity index is 1.48. The summed E-state index contributed by atoms with van der Waals surface area (Å²) in [4.78, 5) is 20.5. The van der Waals surface area contributed by atoms with Crippen molar-refractivity contribution in [2.24, 2.45) is 17.8 Å². The number of aromatic nitrogens is 6. The van der Waals surface area contributed by atoms with E-state index in [1.54, 1.807) is 0 Å². The quantitative estimate of drug-likeness (QED) is 0.446. The molecule has 0 saturated heterocycles. The van der Waals surface area contributed by atoms with E-state index in [1.165, 1.54) is 22.8 Å². The van der Waals surface area contributed by atoms with E-state index in [9.17, 15) is 18.7 Å². The number of hydrogen-bond donors (Lipinski definition) is 3. The first-order chi connectivity index (χ1) is 15.5. The van der Waals surface area contributed by atoms with Gasteiger partial charge in [0.1, 0.15) is 17.0 Å². The monoisotopic (exact) mass is 439 g/mol.